The number of hydrogen-bond donors (Lipinski definition) is 0. The van der Waals surface area contributed by atoms with Crippen molar-refractivity contribution in [2.24, 2.45) is 0 Å². The van der Waals surface area contributed by atoms with E-state index in [1.54, 1.807) is 13.0 Å². The van der Waals surface area contributed by atoms with E-state index in [1.165, 1.54) is 12.1 Å². The lowest BCUT2D eigenvalue weighted by molar-refractivity contribution is 0.313. The van der Waals surface area contributed by atoms with Crippen LogP contribution in [0.15, 0.2) is 48.3 Å². The monoisotopic (exact) mass is 366 g/mol. The summed E-state index contributed by atoms with van der Waals surface area (Å²) < 4.78 is 57.7. The zero-order valence-electron chi connectivity index (χ0n) is 14.7. The minimum Gasteiger partial charge on any atom is -0.491 e. The Kier molecular flexibility index (Phi) is 7.70. The fourth-order valence-corrected chi connectivity index (χ4v) is 2.63. The number of hydrogen-bond acceptors (Lipinski definition) is 1. The molecule has 0 aromatic heterocycles. The summed E-state index contributed by atoms with van der Waals surface area (Å²) in [6.45, 7) is 0.919. The van der Waals surface area contributed by atoms with Crippen LogP contribution in [0, 0.1) is 11.6 Å². The Morgan fingerprint density at radius 2 is 1.58 bits per heavy atom. The Labute approximate surface area is 151 Å². The van der Waals surface area contributed by atoms with Gasteiger partial charge in [-0.15, -0.1) is 0 Å². The van der Waals surface area contributed by atoms with Crippen molar-refractivity contribution in [2.75, 3.05) is 13.3 Å². The number of rotatable bonds is 9. The summed E-state index contributed by atoms with van der Waals surface area (Å²) in [6.07, 6.45) is 3.25. The molecule has 2 rings (SSSR count). The van der Waals surface area contributed by atoms with Crippen molar-refractivity contribution in [3.63, 3.8) is 0 Å². The quantitative estimate of drug-likeness (QED) is 0.502. The van der Waals surface area contributed by atoms with Gasteiger partial charge in [-0.25, -0.2) is 13.2 Å². The Bertz CT molecular complexity index is 738. The van der Waals surface area contributed by atoms with Crippen LogP contribution in [0.5, 0.6) is 5.75 Å². The molecule has 1 nitrogen and oxygen atoms in total. The number of ether oxygens (including phenoxy) is 1. The van der Waals surface area contributed by atoms with Gasteiger partial charge in [0, 0.05) is 0 Å². The fourth-order valence-electron chi connectivity index (χ4n) is 2.63. The van der Waals surface area contributed by atoms with Gasteiger partial charge in [-0.3, -0.25) is 0 Å². The number of alkyl halides is 1. The van der Waals surface area contributed by atoms with E-state index in [-0.39, 0.29) is 12.4 Å². The molecular formula is C21H22F4O. The molecule has 0 spiro atoms. The Balaban J connectivity index is 1.93. The van der Waals surface area contributed by atoms with Crippen molar-refractivity contribution in [2.45, 2.75) is 32.6 Å². The van der Waals surface area contributed by atoms with Crippen LogP contribution in [0.3, 0.4) is 0 Å². The normalized spacial score (nSPS) is 11.7. The van der Waals surface area contributed by atoms with E-state index >= 15 is 0 Å². The molecule has 0 bridgehead atoms. The van der Waals surface area contributed by atoms with Gasteiger partial charge in [0.25, 0.3) is 0 Å². The Hall–Kier alpha value is -2.30. The molecule has 2 aromatic rings. The van der Waals surface area contributed by atoms with Gasteiger partial charge in [-0.1, -0.05) is 30.3 Å². The summed E-state index contributed by atoms with van der Waals surface area (Å²) in [5.41, 5.74) is 2.31. The number of benzene rings is 2. The van der Waals surface area contributed by atoms with E-state index < -0.39 is 24.1 Å². The standard InChI is InChI=1S/C21H22F4O/c1-2-26-19-13-12-17(20(24)21(19)25)11-10-16-8-6-15(7-9-16)4-3-5-18(23)14-22/h5-9,12-13H,2-4,10-11,14H2,1H3/b18-5-. The second-order valence-electron chi connectivity index (χ2n) is 5.92. The van der Waals surface area contributed by atoms with Crippen LogP contribution in [0.2, 0.25) is 0 Å². The van der Waals surface area contributed by atoms with E-state index in [4.69, 9.17) is 4.74 Å². The summed E-state index contributed by atoms with van der Waals surface area (Å²) in [5, 5.41) is 0. The van der Waals surface area contributed by atoms with Crippen molar-refractivity contribution in [3.8, 4) is 5.75 Å². The average molecular weight is 366 g/mol. The van der Waals surface area contributed by atoms with Crippen LogP contribution in [-0.2, 0) is 19.3 Å². The van der Waals surface area contributed by atoms with E-state index in [0.717, 1.165) is 11.1 Å². The maximum Gasteiger partial charge on any atom is 0.200 e. The maximum absolute atomic E-state index is 14.1. The van der Waals surface area contributed by atoms with Crippen LogP contribution < -0.4 is 4.74 Å². The highest BCUT2D eigenvalue weighted by Crippen LogP contribution is 2.24. The van der Waals surface area contributed by atoms with Gasteiger partial charge in [-0.05, 0) is 61.4 Å². The third-order valence-corrected chi connectivity index (χ3v) is 4.06. The van der Waals surface area contributed by atoms with Gasteiger partial charge in [0.15, 0.2) is 11.6 Å². The molecule has 0 saturated heterocycles. The molecule has 0 aliphatic heterocycles. The van der Waals surface area contributed by atoms with Gasteiger partial charge < -0.3 is 4.74 Å². The SMILES string of the molecule is CCOc1ccc(CCc2ccc(CC/C=C(\F)CF)cc2)c(F)c1F. The first-order chi connectivity index (χ1) is 12.5. The molecule has 5 heteroatoms. The molecule has 0 saturated carbocycles. The molecule has 2 aromatic carbocycles. The molecule has 140 valence electrons. The third kappa shape index (κ3) is 5.61. The molecule has 26 heavy (non-hydrogen) atoms. The molecule has 0 N–H and O–H groups in total. The van der Waals surface area contributed by atoms with E-state index in [1.807, 2.05) is 24.3 Å². The number of allylic oxidation sites excluding steroid dienone is 2. The van der Waals surface area contributed by atoms with Crippen LogP contribution in [0.1, 0.15) is 30.0 Å². The Morgan fingerprint density at radius 1 is 0.923 bits per heavy atom. The lowest BCUT2D eigenvalue weighted by atomic mass is 10.0. The summed E-state index contributed by atoms with van der Waals surface area (Å²) in [7, 11) is 0. The number of halogens is 4. The lowest BCUT2D eigenvalue weighted by Gasteiger charge is -2.09. The molecule has 0 fully saturated rings. The fraction of sp³-hybridized carbons (Fsp3) is 0.333. The summed E-state index contributed by atoms with van der Waals surface area (Å²) in [5.74, 6) is -2.63. The van der Waals surface area contributed by atoms with E-state index in [9.17, 15) is 17.6 Å². The molecule has 0 radical (unpaired) electrons. The second kappa shape index (κ2) is 10.00. The second-order valence-corrected chi connectivity index (χ2v) is 5.92. The van der Waals surface area contributed by atoms with Crippen LogP contribution in [-0.4, -0.2) is 13.3 Å². The number of aryl methyl sites for hydroxylation is 3. The van der Waals surface area contributed by atoms with Crippen molar-refractivity contribution in [1.82, 2.24) is 0 Å². The predicted molar refractivity (Wildman–Crippen MR) is 94.9 cm³/mol. The molecule has 0 heterocycles. The summed E-state index contributed by atoms with van der Waals surface area (Å²) in [4.78, 5) is 0. The van der Waals surface area contributed by atoms with E-state index in [0.29, 0.717) is 31.2 Å². The molecule has 0 unspecified atom stereocenters. The summed E-state index contributed by atoms with van der Waals surface area (Å²) in [6, 6.07) is 10.6. The highest BCUT2D eigenvalue weighted by atomic mass is 19.2. The Morgan fingerprint density at radius 3 is 2.19 bits per heavy atom. The first-order valence-corrected chi connectivity index (χ1v) is 8.63. The van der Waals surface area contributed by atoms with Crippen LogP contribution >= 0.6 is 0 Å². The van der Waals surface area contributed by atoms with E-state index in [2.05, 4.69) is 0 Å². The maximum atomic E-state index is 14.1. The topological polar surface area (TPSA) is 9.23 Å². The third-order valence-electron chi connectivity index (χ3n) is 4.06. The van der Waals surface area contributed by atoms with Gasteiger partial charge in [-0.2, -0.15) is 4.39 Å². The van der Waals surface area contributed by atoms with Crippen molar-refractivity contribution in [3.05, 3.63) is 76.6 Å². The van der Waals surface area contributed by atoms with Gasteiger partial charge in [0.05, 0.1) is 6.61 Å². The lowest BCUT2D eigenvalue weighted by Crippen LogP contribution is -2.02. The molecule has 0 amide bonds. The average Bonchev–Trinajstić information content (AvgIpc) is 2.66. The van der Waals surface area contributed by atoms with Crippen LogP contribution in [0.4, 0.5) is 17.6 Å². The predicted octanol–water partition coefficient (Wildman–Crippen LogP) is 5.90. The molecule has 0 atom stereocenters. The highest BCUT2D eigenvalue weighted by molar-refractivity contribution is 5.32. The largest absolute Gasteiger partial charge is 0.491 e. The van der Waals surface area contributed by atoms with Crippen molar-refractivity contribution < 1.29 is 22.3 Å². The van der Waals surface area contributed by atoms with Gasteiger partial charge in [0.2, 0.25) is 5.82 Å². The van der Waals surface area contributed by atoms with Gasteiger partial charge >= 0.3 is 0 Å². The minimum absolute atomic E-state index is 0.0728. The van der Waals surface area contributed by atoms with Crippen LogP contribution in [0.25, 0.3) is 0 Å². The smallest absolute Gasteiger partial charge is 0.200 e. The van der Waals surface area contributed by atoms with Crippen molar-refractivity contribution in [1.29, 1.82) is 0 Å². The first kappa shape index (κ1) is 20.0. The summed E-state index contributed by atoms with van der Waals surface area (Å²) >= 11 is 0. The molecule has 0 aliphatic carbocycles. The molecular weight excluding hydrogens is 344 g/mol. The van der Waals surface area contributed by atoms with Crippen molar-refractivity contribution >= 4 is 0 Å². The minimum atomic E-state index is -1.07. The highest BCUT2D eigenvalue weighted by Gasteiger charge is 2.14. The zero-order chi connectivity index (χ0) is 18.9. The first-order valence-electron chi connectivity index (χ1n) is 8.63. The molecule has 0 aliphatic rings. The zero-order valence-corrected chi connectivity index (χ0v) is 14.7. The van der Waals surface area contributed by atoms with Gasteiger partial charge in [0.1, 0.15) is 12.5 Å².